The van der Waals surface area contributed by atoms with Crippen molar-refractivity contribution >= 4 is 41.1 Å². The van der Waals surface area contributed by atoms with Crippen molar-refractivity contribution in [3.05, 3.63) is 75.8 Å². The van der Waals surface area contributed by atoms with Gasteiger partial charge in [-0.3, -0.25) is 9.59 Å². The van der Waals surface area contributed by atoms with E-state index in [0.29, 0.717) is 42.5 Å². The van der Waals surface area contributed by atoms with E-state index in [2.05, 4.69) is 0 Å². The van der Waals surface area contributed by atoms with Crippen molar-refractivity contribution in [3.63, 3.8) is 0 Å². The highest BCUT2D eigenvalue weighted by Crippen LogP contribution is 2.27. The first kappa shape index (κ1) is 21.4. The van der Waals surface area contributed by atoms with Crippen LogP contribution in [0, 0.1) is 5.92 Å². The average Bonchev–Trinajstić information content (AvgIpc) is 2.75. The molecule has 0 N–H and O–H groups in total. The molecule has 1 saturated heterocycles. The molecule has 3 rings (SSSR count). The van der Waals surface area contributed by atoms with Crippen molar-refractivity contribution in [2.75, 3.05) is 20.1 Å². The number of amides is 2. The van der Waals surface area contributed by atoms with E-state index in [-0.39, 0.29) is 17.7 Å². The molecule has 1 aliphatic rings. The monoisotopic (exact) mass is 430 g/mol. The van der Waals surface area contributed by atoms with E-state index in [1.54, 1.807) is 29.0 Å². The predicted molar refractivity (Wildman–Crippen MR) is 118 cm³/mol. The quantitative estimate of drug-likeness (QED) is 0.632. The molecule has 6 heteroatoms. The van der Waals surface area contributed by atoms with Crippen LogP contribution in [0.2, 0.25) is 10.0 Å². The Labute approximate surface area is 181 Å². The molecule has 0 bridgehead atoms. The molecule has 4 nitrogen and oxygen atoms in total. The third-order valence-electron chi connectivity index (χ3n) is 5.19. The summed E-state index contributed by atoms with van der Waals surface area (Å²) >= 11 is 12.3. The number of hydrogen-bond acceptors (Lipinski definition) is 2. The predicted octanol–water partition coefficient (Wildman–Crippen LogP) is 4.90. The maximum absolute atomic E-state index is 12.8. The van der Waals surface area contributed by atoms with Crippen LogP contribution in [-0.2, 0) is 16.1 Å². The van der Waals surface area contributed by atoms with Gasteiger partial charge < -0.3 is 9.80 Å². The lowest BCUT2D eigenvalue weighted by atomic mass is 9.95. The van der Waals surface area contributed by atoms with Crippen LogP contribution in [0.15, 0.2) is 54.6 Å². The Morgan fingerprint density at radius 2 is 1.76 bits per heavy atom. The number of rotatable bonds is 5. The normalized spacial score (nSPS) is 14.9. The minimum absolute atomic E-state index is 0.0150. The number of likely N-dealkylation sites (tertiary alicyclic amines) is 1. The van der Waals surface area contributed by atoms with Crippen LogP contribution in [0.1, 0.15) is 24.0 Å². The van der Waals surface area contributed by atoms with Crippen LogP contribution < -0.4 is 0 Å². The average molecular weight is 431 g/mol. The largest absolute Gasteiger partial charge is 0.341 e. The molecule has 0 spiro atoms. The molecule has 2 amide bonds. The summed E-state index contributed by atoms with van der Waals surface area (Å²) in [5.74, 6) is -0.0214. The molecule has 29 heavy (non-hydrogen) atoms. The lowest BCUT2D eigenvalue weighted by Gasteiger charge is -2.32. The van der Waals surface area contributed by atoms with Gasteiger partial charge in [-0.15, -0.1) is 0 Å². The second-order valence-corrected chi connectivity index (χ2v) is 8.04. The van der Waals surface area contributed by atoms with Crippen LogP contribution in [0.25, 0.3) is 6.08 Å². The van der Waals surface area contributed by atoms with Gasteiger partial charge in [0.25, 0.3) is 0 Å². The molecule has 152 valence electrons. The number of piperidine rings is 1. The summed E-state index contributed by atoms with van der Waals surface area (Å²) in [4.78, 5) is 28.7. The molecule has 0 atom stereocenters. The molecule has 0 aromatic heterocycles. The zero-order chi connectivity index (χ0) is 20.8. The molecule has 2 aromatic rings. The Hall–Kier alpha value is -2.30. The summed E-state index contributed by atoms with van der Waals surface area (Å²) in [7, 11) is 1.78. The van der Waals surface area contributed by atoms with Crippen LogP contribution in [0.5, 0.6) is 0 Å². The van der Waals surface area contributed by atoms with Crippen molar-refractivity contribution in [1.82, 2.24) is 9.80 Å². The van der Waals surface area contributed by atoms with E-state index in [0.717, 1.165) is 11.1 Å². The highest BCUT2D eigenvalue weighted by atomic mass is 35.5. The zero-order valence-corrected chi connectivity index (χ0v) is 17.9. The van der Waals surface area contributed by atoms with Gasteiger partial charge in [-0.2, -0.15) is 0 Å². The van der Waals surface area contributed by atoms with Crippen molar-refractivity contribution in [2.24, 2.45) is 5.92 Å². The highest BCUT2D eigenvalue weighted by Gasteiger charge is 2.28. The van der Waals surface area contributed by atoms with Crippen molar-refractivity contribution in [1.29, 1.82) is 0 Å². The van der Waals surface area contributed by atoms with E-state index in [1.807, 2.05) is 48.5 Å². The fourth-order valence-electron chi connectivity index (χ4n) is 3.50. The first-order chi connectivity index (χ1) is 14.0. The van der Waals surface area contributed by atoms with Crippen LogP contribution in [-0.4, -0.2) is 41.8 Å². The molecule has 0 radical (unpaired) electrons. The van der Waals surface area contributed by atoms with Gasteiger partial charge in [0.05, 0.1) is 10.0 Å². The summed E-state index contributed by atoms with van der Waals surface area (Å²) in [6.07, 6.45) is 4.75. The summed E-state index contributed by atoms with van der Waals surface area (Å²) in [5, 5.41) is 0.972. The number of halogens is 2. The molecule has 0 unspecified atom stereocenters. The Morgan fingerprint density at radius 1 is 1.07 bits per heavy atom. The van der Waals surface area contributed by atoms with Gasteiger partial charge in [-0.25, -0.2) is 0 Å². The molecule has 0 aliphatic carbocycles. The second kappa shape index (κ2) is 9.95. The number of benzene rings is 2. The summed E-state index contributed by atoms with van der Waals surface area (Å²) in [5.41, 5.74) is 1.82. The Balaban J connectivity index is 1.51. The third kappa shape index (κ3) is 5.62. The van der Waals surface area contributed by atoms with Crippen molar-refractivity contribution in [2.45, 2.75) is 19.4 Å². The lowest BCUT2D eigenvalue weighted by Crippen LogP contribution is -2.42. The molecular formula is C23H24Cl2N2O2. The van der Waals surface area contributed by atoms with E-state index in [1.165, 1.54) is 0 Å². The molecule has 1 heterocycles. The number of carbonyl (C=O) groups excluding carboxylic acids is 2. The Morgan fingerprint density at radius 3 is 2.45 bits per heavy atom. The second-order valence-electron chi connectivity index (χ2n) is 7.25. The first-order valence-corrected chi connectivity index (χ1v) is 10.4. The minimum Gasteiger partial charge on any atom is -0.341 e. The topological polar surface area (TPSA) is 40.6 Å². The smallest absolute Gasteiger partial charge is 0.246 e. The molecule has 1 aliphatic heterocycles. The SMILES string of the molecule is CN(Cc1cccc(Cl)c1Cl)C(=O)C1CCN(C(=O)/C=C/c2ccccc2)CC1. The van der Waals surface area contributed by atoms with Crippen LogP contribution in [0.4, 0.5) is 0 Å². The van der Waals surface area contributed by atoms with Gasteiger partial charge in [0, 0.05) is 38.7 Å². The van der Waals surface area contributed by atoms with Gasteiger partial charge in [-0.1, -0.05) is 65.7 Å². The van der Waals surface area contributed by atoms with E-state index >= 15 is 0 Å². The third-order valence-corrected chi connectivity index (χ3v) is 6.05. The Bertz CT molecular complexity index is 891. The van der Waals surface area contributed by atoms with Gasteiger partial charge in [0.15, 0.2) is 0 Å². The van der Waals surface area contributed by atoms with Gasteiger partial charge in [0.1, 0.15) is 0 Å². The Kier molecular flexibility index (Phi) is 7.34. The fourth-order valence-corrected chi connectivity index (χ4v) is 3.88. The molecule has 0 saturated carbocycles. The molecular weight excluding hydrogens is 407 g/mol. The molecule has 2 aromatic carbocycles. The number of hydrogen-bond donors (Lipinski definition) is 0. The fraction of sp³-hybridized carbons (Fsp3) is 0.304. The van der Waals surface area contributed by atoms with Crippen LogP contribution in [0.3, 0.4) is 0 Å². The number of carbonyl (C=O) groups is 2. The van der Waals surface area contributed by atoms with E-state index in [9.17, 15) is 9.59 Å². The standard InChI is InChI=1S/C23H24Cl2N2O2/c1-26(16-19-8-5-9-20(24)22(19)25)23(29)18-12-14-27(15-13-18)21(28)11-10-17-6-3-2-4-7-17/h2-11,18H,12-16H2,1H3/b11-10+. The van der Waals surface area contributed by atoms with E-state index < -0.39 is 0 Å². The summed E-state index contributed by atoms with van der Waals surface area (Å²) in [6, 6.07) is 15.2. The van der Waals surface area contributed by atoms with Crippen molar-refractivity contribution < 1.29 is 9.59 Å². The van der Waals surface area contributed by atoms with Crippen LogP contribution >= 0.6 is 23.2 Å². The number of nitrogens with zero attached hydrogens (tertiary/aromatic N) is 2. The van der Waals surface area contributed by atoms with Crippen molar-refractivity contribution in [3.8, 4) is 0 Å². The minimum atomic E-state index is -0.0832. The summed E-state index contributed by atoms with van der Waals surface area (Å²) in [6.45, 7) is 1.58. The van der Waals surface area contributed by atoms with Gasteiger partial charge in [0.2, 0.25) is 11.8 Å². The van der Waals surface area contributed by atoms with Gasteiger partial charge >= 0.3 is 0 Å². The maximum Gasteiger partial charge on any atom is 0.246 e. The maximum atomic E-state index is 12.8. The zero-order valence-electron chi connectivity index (χ0n) is 16.4. The lowest BCUT2D eigenvalue weighted by molar-refractivity contribution is -0.138. The molecule has 1 fully saturated rings. The van der Waals surface area contributed by atoms with Gasteiger partial charge in [-0.05, 0) is 36.1 Å². The highest BCUT2D eigenvalue weighted by molar-refractivity contribution is 6.42. The summed E-state index contributed by atoms with van der Waals surface area (Å²) < 4.78 is 0. The van der Waals surface area contributed by atoms with E-state index in [4.69, 9.17) is 23.2 Å². The first-order valence-electron chi connectivity index (χ1n) is 9.65.